The van der Waals surface area contributed by atoms with Crippen molar-refractivity contribution in [2.45, 2.75) is 0 Å². The highest BCUT2D eigenvalue weighted by Gasteiger charge is 2.19. The van der Waals surface area contributed by atoms with Crippen LogP contribution >= 0.6 is 0 Å². The number of halogens is 1. The summed E-state index contributed by atoms with van der Waals surface area (Å²) in [5, 5.41) is 28.7. The van der Waals surface area contributed by atoms with Crippen LogP contribution in [0, 0.1) is 27.3 Å². The van der Waals surface area contributed by atoms with E-state index >= 15 is 0 Å². The molecule has 0 atom stereocenters. The van der Waals surface area contributed by atoms with Gasteiger partial charge >= 0.3 is 5.97 Å². The molecular formula is C14H7FN2O4. The monoisotopic (exact) mass is 286 g/mol. The molecule has 0 aliphatic heterocycles. The minimum atomic E-state index is -1.35. The van der Waals surface area contributed by atoms with Gasteiger partial charge in [-0.2, -0.15) is 5.26 Å². The second-order valence-corrected chi connectivity index (χ2v) is 4.10. The van der Waals surface area contributed by atoms with Crippen LogP contribution in [0.4, 0.5) is 10.1 Å². The minimum Gasteiger partial charge on any atom is -0.478 e. The second kappa shape index (κ2) is 5.38. The van der Waals surface area contributed by atoms with Crippen LogP contribution in [0.15, 0.2) is 36.4 Å². The number of nitriles is 1. The third kappa shape index (κ3) is 2.69. The summed E-state index contributed by atoms with van der Waals surface area (Å²) in [6.07, 6.45) is 0. The van der Waals surface area contributed by atoms with Crippen LogP contribution in [0.25, 0.3) is 11.1 Å². The molecule has 104 valence electrons. The third-order valence-corrected chi connectivity index (χ3v) is 2.83. The zero-order valence-electron chi connectivity index (χ0n) is 10.4. The van der Waals surface area contributed by atoms with Gasteiger partial charge in [-0.1, -0.05) is 0 Å². The quantitative estimate of drug-likeness (QED) is 0.689. The predicted octanol–water partition coefficient (Wildman–Crippen LogP) is 2.97. The second-order valence-electron chi connectivity index (χ2n) is 4.10. The van der Waals surface area contributed by atoms with Crippen LogP contribution in [0.1, 0.15) is 15.9 Å². The van der Waals surface area contributed by atoms with Crippen molar-refractivity contribution in [3.05, 3.63) is 63.5 Å². The molecule has 0 aliphatic rings. The van der Waals surface area contributed by atoms with Gasteiger partial charge in [0.25, 0.3) is 5.69 Å². The zero-order chi connectivity index (χ0) is 15.6. The lowest BCUT2D eigenvalue weighted by molar-refractivity contribution is -0.384. The van der Waals surface area contributed by atoms with Crippen molar-refractivity contribution >= 4 is 11.7 Å². The van der Waals surface area contributed by atoms with Gasteiger partial charge in [0.15, 0.2) is 0 Å². The van der Waals surface area contributed by atoms with Gasteiger partial charge in [0.05, 0.1) is 22.1 Å². The Kier molecular flexibility index (Phi) is 3.63. The van der Waals surface area contributed by atoms with Crippen molar-refractivity contribution in [1.29, 1.82) is 5.26 Å². The molecule has 0 aliphatic carbocycles. The summed E-state index contributed by atoms with van der Waals surface area (Å²) in [7, 11) is 0. The maximum atomic E-state index is 13.9. The van der Waals surface area contributed by atoms with Crippen LogP contribution in [0.2, 0.25) is 0 Å². The summed E-state index contributed by atoms with van der Waals surface area (Å²) < 4.78 is 13.9. The molecule has 0 saturated carbocycles. The van der Waals surface area contributed by atoms with Crippen LogP contribution in [-0.4, -0.2) is 16.0 Å². The first-order valence-corrected chi connectivity index (χ1v) is 5.66. The fourth-order valence-corrected chi connectivity index (χ4v) is 1.86. The molecule has 0 unspecified atom stereocenters. The van der Waals surface area contributed by atoms with Crippen molar-refractivity contribution in [3.63, 3.8) is 0 Å². The summed E-state index contributed by atoms with van der Waals surface area (Å²) in [4.78, 5) is 21.3. The van der Waals surface area contributed by atoms with E-state index in [1.165, 1.54) is 6.07 Å². The van der Waals surface area contributed by atoms with E-state index in [0.717, 1.165) is 30.3 Å². The highest BCUT2D eigenvalue weighted by Crippen LogP contribution is 2.30. The number of nitrogens with zero attached hydrogens (tertiary/aromatic N) is 2. The average molecular weight is 286 g/mol. The van der Waals surface area contributed by atoms with E-state index in [1.807, 2.05) is 0 Å². The number of nitro benzene ring substituents is 1. The molecule has 0 spiro atoms. The molecule has 6 nitrogen and oxygen atoms in total. The Labute approximate surface area is 117 Å². The molecule has 2 rings (SSSR count). The van der Waals surface area contributed by atoms with Crippen molar-refractivity contribution < 1.29 is 19.2 Å². The van der Waals surface area contributed by atoms with Gasteiger partial charge in [-0.25, -0.2) is 9.18 Å². The first-order chi connectivity index (χ1) is 9.93. The van der Waals surface area contributed by atoms with Gasteiger partial charge in [0.2, 0.25) is 0 Å². The largest absolute Gasteiger partial charge is 0.478 e. The van der Waals surface area contributed by atoms with E-state index in [2.05, 4.69) is 0 Å². The molecule has 2 aromatic carbocycles. The first-order valence-electron chi connectivity index (χ1n) is 5.66. The Morgan fingerprint density at radius 2 is 1.95 bits per heavy atom. The fourth-order valence-electron chi connectivity index (χ4n) is 1.86. The molecule has 0 aromatic heterocycles. The number of benzene rings is 2. The molecule has 2 aromatic rings. The highest BCUT2D eigenvalue weighted by atomic mass is 19.1. The number of aromatic carboxylic acids is 1. The van der Waals surface area contributed by atoms with Crippen molar-refractivity contribution in [3.8, 4) is 17.2 Å². The van der Waals surface area contributed by atoms with Crippen LogP contribution in [-0.2, 0) is 0 Å². The van der Waals surface area contributed by atoms with Crippen LogP contribution < -0.4 is 0 Å². The number of rotatable bonds is 3. The van der Waals surface area contributed by atoms with E-state index in [-0.39, 0.29) is 27.9 Å². The number of carboxylic acids is 1. The minimum absolute atomic E-state index is 0.120. The van der Waals surface area contributed by atoms with Gasteiger partial charge in [-0.05, 0) is 24.3 Å². The molecule has 0 amide bonds. The standard InChI is InChI=1S/C14H7FN2O4/c15-13-4-1-8(7-16)5-12(13)11-6-9(17(20)21)2-3-10(11)14(18)19/h1-6H,(H,18,19). The molecule has 0 heterocycles. The van der Waals surface area contributed by atoms with E-state index in [1.54, 1.807) is 6.07 Å². The van der Waals surface area contributed by atoms with Crippen molar-refractivity contribution in [2.75, 3.05) is 0 Å². The smallest absolute Gasteiger partial charge is 0.336 e. The molecular weight excluding hydrogens is 279 g/mol. The maximum Gasteiger partial charge on any atom is 0.336 e. The van der Waals surface area contributed by atoms with Gasteiger partial charge in [-0.15, -0.1) is 0 Å². The lowest BCUT2D eigenvalue weighted by atomic mass is 9.97. The Balaban J connectivity index is 2.77. The molecule has 0 bridgehead atoms. The number of carbonyl (C=O) groups is 1. The Bertz CT molecular complexity index is 796. The third-order valence-electron chi connectivity index (χ3n) is 2.83. The van der Waals surface area contributed by atoms with E-state index in [9.17, 15) is 19.3 Å². The number of nitro groups is 1. The van der Waals surface area contributed by atoms with Crippen molar-refractivity contribution in [2.24, 2.45) is 0 Å². The number of hydrogen-bond donors (Lipinski definition) is 1. The van der Waals surface area contributed by atoms with Crippen LogP contribution in [0.5, 0.6) is 0 Å². The van der Waals surface area contributed by atoms with Gasteiger partial charge in [-0.3, -0.25) is 10.1 Å². The summed E-state index contributed by atoms with van der Waals surface area (Å²) in [5.74, 6) is -2.11. The van der Waals surface area contributed by atoms with E-state index in [0.29, 0.717) is 0 Å². The summed E-state index contributed by atoms with van der Waals surface area (Å²) >= 11 is 0. The average Bonchev–Trinajstić information content (AvgIpc) is 2.47. The predicted molar refractivity (Wildman–Crippen MR) is 70.2 cm³/mol. The summed E-state index contributed by atoms with van der Waals surface area (Å²) in [5.41, 5.74) is -0.845. The molecule has 0 saturated heterocycles. The number of hydrogen-bond acceptors (Lipinski definition) is 4. The Morgan fingerprint density at radius 3 is 2.52 bits per heavy atom. The summed E-state index contributed by atoms with van der Waals surface area (Å²) in [6.45, 7) is 0. The normalized spacial score (nSPS) is 9.90. The van der Waals surface area contributed by atoms with Crippen molar-refractivity contribution in [1.82, 2.24) is 0 Å². The number of carboxylic acid groups (broad SMARTS) is 1. The molecule has 0 fully saturated rings. The lowest BCUT2D eigenvalue weighted by Crippen LogP contribution is -2.02. The first kappa shape index (κ1) is 14.1. The van der Waals surface area contributed by atoms with Crippen LogP contribution in [0.3, 0.4) is 0 Å². The maximum absolute atomic E-state index is 13.9. The Morgan fingerprint density at radius 1 is 1.24 bits per heavy atom. The molecule has 21 heavy (non-hydrogen) atoms. The lowest BCUT2D eigenvalue weighted by Gasteiger charge is -2.08. The van der Waals surface area contributed by atoms with E-state index < -0.39 is 16.7 Å². The van der Waals surface area contributed by atoms with Gasteiger partial charge in [0, 0.05) is 23.3 Å². The SMILES string of the molecule is N#Cc1ccc(F)c(-c2cc([N+](=O)[O-])ccc2C(=O)O)c1. The molecule has 1 N–H and O–H groups in total. The van der Waals surface area contributed by atoms with Gasteiger partial charge < -0.3 is 5.11 Å². The highest BCUT2D eigenvalue weighted by molar-refractivity contribution is 5.96. The zero-order valence-corrected chi connectivity index (χ0v) is 10.4. The summed E-state index contributed by atoms with van der Waals surface area (Å²) in [6, 6.07) is 8.24. The van der Waals surface area contributed by atoms with E-state index in [4.69, 9.17) is 10.4 Å². The fraction of sp³-hybridized carbons (Fsp3) is 0. The molecule has 7 heteroatoms. The molecule has 0 radical (unpaired) electrons. The topological polar surface area (TPSA) is 104 Å². The number of non-ortho nitro benzene ring substituents is 1. The Hall–Kier alpha value is -3.27. The van der Waals surface area contributed by atoms with Gasteiger partial charge in [0.1, 0.15) is 5.82 Å².